The summed E-state index contributed by atoms with van der Waals surface area (Å²) in [4.78, 5) is 2.46. The van der Waals surface area contributed by atoms with Crippen LogP contribution in [0, 0.1) is 5.92 Å². The first-order chi connectivity index (χ1) is 7.57. The van der Waals surface area contributed by atoms with Crippen LogP contribution in [0.4, 0.5) is 0 Å². The molecule has 0 aromatic rings. The Morgan fingerprint density at radius 3 is 2.75 bits per heavy atom. The first-order valence-corrected chi connectivity index (χ1v) is 6.61. The van der Waals surface area contributed by atoms with Crippen molar-refractivity contribution in [2.45, 2.75) is 51.2 Å². The molecule has 16 heavy (non-hydrogen) atoms. The van der Waals surface area contributed by atoms with E-state index in [4.69, 9.17) is 4.74 Å². The highest BCUT2D eigenvalue weighted by Gasteiger charge is 2.31. The minimum absolute atomic E-state index is 0.0160. The third-order valence-corrected chi connectivity index (χ3v) is 3.87. The molecule has 2 aliphatic rings. The van der Waals surface area contributed by atoms with Crippen molar-refractivity contribution in [2.24, 2.45) is 5.92 Å². The molecule has 1 saturated carbocycles. The van der Waals surface area contributed by atoms with Crippen molar-refractivity contribution < 1.29 is 9.84 Å². The van der Waals surface area contributed by atoms with E-state index in [0.717, 1.165) is 32.7 Å². The molecule has 94 valence electrons. The van der Waals surface area contributed by atoms with Crippen LogP contribution in [0.15, 0.2) is 0 Å². The van der Waals surface area contributed by atoms with Crippen molar-refractivity contribution in [1.82, 2.24) is 4.90 Å². The lowest BCUT2D eigenvalue weighted by Gasteiger charge is -2.41. The van der Waals surface area contributed by atoms with Crippen molar-refractivity contribution in [3.05, 3.63) is 0 Å². The van der Waals surface area contributed by atoms with Gasteiger partial charge in [0.15, 0.2) is 0 Å². The summed E-state index contributed by atoms with van der Waals surface area (Å²) in [6, 6.07) is 0. The van der Waals surface area contributed by atoms with Gasteiger partial charge in [-0.15, -0.1) is 0 Å². The fraction of sp³-hybridized carbons (Fsp3) is 1.00. The maximum atomic E-state index is 9.97. The number of morpholine rings is 1. The molecule has 1 heterocycles. The first kappa shape index (κ1) is 12.3. The molecule has 2 atom stereocenters. The number of hydrogen-bond donors (Lipinski definition) is 1. The standard InChI is InChI=1S/C13H25NO2/c1-13(2)10-14(7-8-16-13)9-11-5-3-4-6-12(11)15/h11-12,15H,3-10H2,1-2H3. The van der Waals surface area contributed by atoms with Crippen LogP contribution in [0.1, 0.15) is 39.5 Å². The Balaban J connectivity index is 1.84. The summed E-state index contributed by atoms with van der Waals surface area (Å²) in [5.41, 5.74) is -0.0160. The SMILES string of the molecule is CC1(C)CN(CC2CCCCC2O)CCO1. The van der Waals surface area contributed by atoms with Crippen LogP contribution in [-0.4, -0.2) is 48.0 Å². The van der Waals surface area contributed by atoms with E-state index in [1.54, 1.807) is 0 Å². The van der Waals surface area contributed by atoms with Gasteiger partial charge in [-0.1, -0.05) is 12.8 Å². The predicted octanol–water partition coefficient (Wildman–Crippen LogP) is 1.65. The molecule has 2 fully saturated rings. The highest BCUT2D eigenvalue weighted by atomic mass is 16.5. The lowest BCUT2D eigenvalue weighted by Crippen LogP contribution is -2.50. The second-order valence-corrected chi connectivity index (χ2v) is 5.96. The number of ether oxygens (including phenoxy) is 1. The zero-order valence-corrected chi connectivity index (χ0v) is 10.6. The molecule has 2 unspecified atom stereocenters. The van der Waals surface area contributed by atoms with Gasteiger partial charge in [-0.25, -0.2) is 0 Å². The van der Waals surface area contributed by atoms with Crippen LogP contribution in [0.3, 0.4) is 0 Å². The van der Waals surface area contributed by atoms with Gasteiger partial charge in [-0.05, 0) is 32.6 Å². The summed E-state index contributed by atoms with van der Waals surface area (Å²) in [5, 5.41) is 9.97. The molecule has 0 radical (unpaired) electrons. The molecule has 3 nitrogen and oxygen atoms in total. The summed E-state index contributed by atoms with van der Waals surface area (Å²) in [6.45, 7) is 8.19. The van der Waals surface area contributed by atoms with E-state index in [1.807, 2.05) is 0 Å². The number of nitrogens with zero attached hydrogens (tertiary/aromatic N) is 1. The van der Waals surface area contributed by atoms with Crippen molar-refractivity contribution in [2.75, 3.05) is 26.2 Å². The molecular weight excluding hydrogens is 202 g/mol. The molecule has 1 aliphatic carbocycles. The monoisotopic (exact) mass is 227 g/mol. The molecule has 1 N–H and O–H groups in total. The third kappa shape index (κ3) is 3.19. The van der Waals surface area contributed by atoms with E-state index in [-0.39, 0.29) is 11.7 Å². The zero-order chi connectivity index (χ0) is 11.6. The summed E-state index contributed by atoms with van der Waals surface area (Å²) < 4.78 is 5.71. The van der Waals surface area contributed by atoms with Gasteiger partial charge in [0.2, 0.25) is 0 Å². The summed E-state index contributed by atoms with van der Waals surface area (Å²) in [7, 11) is 0. The molecule has 0 bridgehead atoms. The van der Waals surface area contributed by atoms with Crippen LogP contribution in [0.25, 0.3) is 0 Å². The maximum absolute atomic E-state index is 9.97. The van der Waals surface area contributed by atoms with Gasteiger partial charge in [-0.3, -0.25) is 4.90 Å². The molecule has 1 saturated heterocycles. The van der Waals surface area contributed by atoms with E-state index in [1.165, 1.54) is 19.3 Å². The predicted molar refractivity (Wildman–Crippen MR) is 64.4 cm³/mol. The van der Waals surface area contributed by atoms with Crippen LogP contribution >= 0.6 is 0 Å². The fourth-order valence-corrected chi connectivity index (χ4v) is 3.00. The summed E-state index contributed by atoms with van der Waals surface area (Å²) in [6.07, 6.45) is 4.61. The first-order valence-electron chi connectivity index (χ1n) is 6.61. The molecule has 2 rings (SSSR count). The van der Waals surface area contributed by atoms with E-state index >= 15 is 0 Å². The van der Waals surface area contributed by atoms with Crippen LogP contribution in [0.2, 0.25) is 0 Å². The summed E-state index contributed by atoms with van der Waals surface area (Å²) in [5.74, 6) is 0.489. The number of aliphatic hydroxyl groups is 1. The minimum atomic E-state index is -0.0697. The van der Waals surface area contributed by atoms with Crippen molar-refractivity contribution in [1.29, 1.82) is 0 Å². The number of hydrogen-bond acceptors (Lipinski definition) is 3. The molecule has 0 aromatic carbocycles. The highest BCUT2D eigenvalue weighted by molar-refractivity contribution is 4.83. The zero-order valence-electron chi connectivity index (χ0n) is 10.6. The Hall–Kier alpha value is -0.120. The van der Waals surface area contributed by atoms with E-state index in [2.05, 4.69) is 18.7 Å². The van der Waals surface area contributed by atoms with Gasteiger partial charge >= 0.3 is 0 Å². The molecule has 0 spiro atoms. The fourth-order valence-electron chi connectivity index (χ4n) is 3.00. The lowest BCUT2D eigenvalue weighted by atomic mass is 9.86. The Morgan fingerprint density at radius 1 is 1.31 bits per heavy atom. The molecule has 3 heteroatoms. The Morgan fingerprint density at radius 2 is 2.06 bits per heavy atom. The Kier molecular flexibility index (Phi) is 3.88. The number of rotatable bonds is 2. The lowest BCUT2D eigenvalue weighted by molar-refractivity contribution is -0.0946. The van der Waals surface area contributed by atoms with E-state index in [0.29, 0.717) is 5.92 Å². The Bertz CT molecular complexity index is 230. The Labute approximate surface area is 98.8 Å². The molecule has 1 aliphatic heterocycles. The minimum Gasteiger partial charge on any atom is -0.393 e. The highest BCUT2D eigenvalue weighted by Crippen LogP contribution is 2.26. The maximum Gasteiger partial charge on any atom is 0.0753 e. The average molecular weight is 227 g/mol. The second kappa shape index (κ2) is 5.03. The van der Waals surface area contributed by atoms with Gasteiger partial charge in [-0.2, -0.15) is 0 Å². The quantitative estimate of drug-likeness (QED) is 0.778. The van der Waals surface area contributed by atoms with Gasteiger partial charge < -0.3 is 9.84 Å². The normalized spacial score (nSPS) is 36.2. The van der Waals surface area contributed by atoms with Crippen LogP contribution < -0.4 is 0 Å². The van der Waals surface area contributed by atoms with E-state index in [9.17, 15) is 5.11 Å². The largest absolute Gasteiger partial charge is 0.393 e. The average Bonchev–Trinajstić information content (AvgIpc) is 2.20. The van der Waals surface area contributed by atoms with Gasteiger partial charge in [0.05, 0.1) is 18.3 Å². The van der Waals surface area contributed by atoms with Crippen molar-refractivity contribution in [3.63, 3.8) is 0 Å². The third-order valence-electron chi connectivity index (χ3n) is 3.87. The smallest absolute Gasteiger partial charge is 0.0753 e. The van der Waals surface area contributed by atoms with Gasteiger partial charge in [0, 0.05) is 19.6 Å². The van der Waals surface area contributed by atoms with Crippen LogP contribution in [0.5, 0.6) is 0 Å². The van der Waals surface area contributed by atoms with Crippen molar-refractivity contribution >= 4 is 0 Å². The molecular formula is C13H25NO2. The van der Waals surface area contributed by atoms with Crippen molar-refractivity contribution in [3.8, 4) is 0 Å². The number of aliphatic hydroxyl groups excluding tert-OH is 1. The molecule has 0 aromatic heterocycles. The topological polar surface area (TPSA) is 32.7 Å². The van der Waals surface area contributed by atoms with Crippen LogP contribution in [-0.2, 0) is 4.74 Å². The second-order valence-electron chi connectivity index (χ2n) is 5.96. The van der Waals surface area contributed by atoms with E-state index < -0.39 is 0 Å². The van der Waals surface area contributed by atoms with Gasteiger partial charge in [0.1, 0.15) is 0 Å². The van der Waals surface area contributed by atoms with Gasteiger partial charge in [0.25, 0.3) is 0 Å². The molecule has 0 amide bonds. The summed E-state index contributed by atoms with van der Waals surface area (Å²) >= 11 is 0.